The Labute approximate surface area is 127 Å². The molecule has 1 aromatic rings. The summed E-state index contributed by atoms with van der Waals surface area (Å²) < 4.78 is 4.71. The number of esters is 1. The molecular weight excluding hydrogens is 294 g/mol. The Morgan fingerprint density at radius 2 is 1.86 bits per heavy atom. The molecule has 0 bridgehead atoms. The maximum atomic E-state index is 12.0. The number of carbonyl (C=O) groups is 3. The summed E-state index contributed by atoms with van der Waals surface area (Å²) in [6.07, 6.45) is -0.182. The standard InChI is InChI=1S/C14H19NO5S/c1-7-8(2)21-11(10(7)12(17)20-5)15-9(16)6-14(3,4)13(18)19/h6H2,1-5H3,(H,15,16)(H,18,19). The topological polar surface area (TPSA) is 92.7 Å². The Balaban J connectivity index is 2.99. The molecule has 0 aliphatic rings. The lowest BCUT2D eigenvalue weighted by atomic mass is 9.89. The van der Waals surface area contributed by atoms with E-state index in [1.165, 1.54) is 32.3 Å². The minimum atomic E-state index is -1.17. The molecule has 21 heavy (non-hydrogen) atoms. The van der Waals surface area contributed by atoms with Crippen LogP contribution in [0.5, 0.6) is 0 Å². The van der Waals surface area contributed by atoms with Crippen molar-refractivity contribution >= 4 is 34.2 Å². The molecule has 0 atom stereocenters. The third-order valence-electron chi connectivity index (χ3n) is 3.21. The van der Waals surface area contributed by atoms with E-state index in [2.05, 4.69) is 5.32 Å². The number of anilines is 1. The predicted octanol–water partition coefficient (Wildman–Crippen LogP) is 2.59. The molecule has 7 heteroatoms. The second-order valence-electron chi connectivity index (χ2n) is 5.39. The van der Waals surface area contributed by atoms with E-state index in [1.807, 2.05) is 6.92 Å². The molecule has 0 spiro atoms. The summed E-state index contributed by atoms with van der Waals surface area (Å²) in [5.74, 6) is -2.03. The number of hydrogen-bond donors (Lipinski definition) is 2. The van der Waals surface area contributed by atoms with Gasteiger partial charge in [-0.2, -0.15) is 0 Å². The summed E-state index contributed by atoms with van der Waals surface area (Å²) in [7, 11) is 1.27. The monoisotopic (exact) mass is 313 g/mol. The zero-order valence-corrected chi connectivity index (χ0v) is 13.5. The summed E-state index contributed by atoms with van der Waals surface area (Å²) in [6, 6.07) is 0. The van der Waals surface area contributed by atoms with Crippen LogP contribution in [-0.4, -0.2) is 30.1 Å². The number of aliphatic carboxylic acids is 1. The fourth-order valence-corrected chi connectivity index (χ4v) is 2.78. The minimum Gasteiger partial charge on any atom is -0.481 e. The second-order valence-corrected chi connectivity index (χ2v) is 6.62. The van der Waals surface area contributed by atoms with Crippen LogP contribution in [0.4, 0.5) is 5.00 Å². The van der Waals surface area contributed by atoms with Crippen molar-refractivity contribution < 1.29 is 24.2 Å². The van der Waals surface area contributed by atoms with Gasteiger partial charge in [-0.25, -0.2) is 4.79 Å². The molecule has 1 aromatic heterocycles. The van der Waals surface area contributed by atoms with Gasteiger partial charge in [-0.05, 0) is 33.3 Å². The Bertz CT molecular complexity index is 588. The predicted molar refractivity (Wildman–Crippen MR) is 79.8 cm³/mol. The summed E-state index contributed by atoms with van der Waals surface area (Å²) in [5.41, 5.74) is -0.0993. The van der Waals surface area contributed by atoms with E-state index >= 15 is 0 Å². The summed E-state index contributed by atoms with van der Waals surface area (Å²) in [4.78, 5) is 35.7. The quantitative estimate of drug-likeness (QED) is 0.815. The molecule has 1 rings (SSSR count). The molecule has 0 fully saturated rings. The highest BCUT2D eigenvalue weighted by Gasteiger charge is 2.31. The van der Waals surface area contributed by atoms with Gasteiger partial charge in [-0.1, -0.05) is 0 Å². The van der Waals surface area contributed by atoms with Crippen molar-refractivity contribution in [3.8, 4) is 0 Å². The lowest BCUT2D eigenvalue weighted by Gasteiger charge is -2.18. The van der Waals surface area contributed by atoms with E-state index in [-0.39, 0.29) is 6.42 Å². The number of methoxy groups -OCH3 is 1. The van der Waals surface area contributed by atoms with Crippen LogP contribution in [0, 0.1) is 19.3 Å². The maximum absolute atomic E-state index is 12.0. The van der Waals surface area contributed by atoms with E-state index in [0.717, 1.165) is 10.4 Å². The molecule has 1 amide bonds. The van der Waals surface area contributed by atoms with Gasteiger partial charge in [0, 0.05) is 11.3 Å². The first-order valence-electron chi connectivity index (χ1n) is 6.31. The van der Waals surface area contributed by atoms with Crippen molar-refractivity contribution in [2.24, 2.45) is 5.41 Å². The van der Waals surface area contributed by atoms with Crippen molar-refractivity contribution in [3.63, 3.8) is 0 Å². The van der Waals surface area contributed by atoms with Crippen LogP contribution >= 0.6 is 11.3 Å². The number of thiophene rings is 1. The molecule has 0 unspecified atom stereocenters. The van der Waals surface area contributed by atoms with Crippen LogP contribution in [0.2, 0.25) is 0 Å². The van der Waals surface area contributed by atoms with Gasteiger partial charge in [0.15, 0.2) is 0 Å². The molecule has 6 nitrogen and oxygen atoms in total. The van der Waals surface area contributed by atoms with Crippen molar-refractivity contribution in [2.75, 3.05) is 12.4 Å². The van der Waals surface area contributed by atoms with E-state index in [9.17, 15) is 14.4 Å². The minimum absolute atomic E-state index is 0.182. The van der Waals surface area contributed by atoms with Gasteiger partial charge in [0.25, 0.3) is 0 Å². The first kappa shape index (κ1) is 17.2. The van der Waals surface area contributed by atoms with Crippen molar-refractivity contribution in [3.05, 3.63) is 16.0 Å². The molecule has 0 aliphatic carbocycles. The molecule has 0 aromatic carbocycles. The Kier molecular flexibility index (Phi) is 5.11. The molecule has 0 saturated carbocycles. The zero-order chi connectivity index (χ0) is 16.4. The van der Waals surface area contributed by atoms with Crippen LogP contribution in [0.3, 0.4) is 0 Å². The number of carboxylic acid groups (broad SMARTS) is 1. The highest BCUT2D eigenvalue weighted by Crippen LogP contribution is 2.33. The van der Waals surface area contributed by atoms with Gasteiger partial charge in [-0.3, -0.25) is 9.59 Å². The maximum Gasteiger partial charge on any atom is 0.341 e. The number of rotatable bonds is 5. The van der Waals surface area contributed by atoms with Gasteiger partial charge in [-0.15, -0.1) is 11.3 Å². The molecule has 116 valence electrons. The number of carboxylic acids is 1. The molecule has 0 aliphatic heterocycles. The zero-order valence-electron chi connectivity index (χ0n) is 12.7. The lowest BCUT2D eigenvalue weighted by molar-refractivity contribution is -0.148. The average Bonchev–Trinajstić information content (AvgIpc) is 2.63. The normalized spacial score (nSPS) is 11.1. The average molecular weight is 313 g/mol. The molecule has 1 heterocycles. The fraction of sp³-hybridized carbons (Fsp3) is 0.500. The number of amides is 1. The Morgan fingerprint density at radius 1 is 1.29 bits per heavy atom. The number of ether oxygens (including phenoxy) is 1. The van der Waals surface area contributed by atoms with Crippen LogP contribution in [0.1, 0.15) is 41.1 Å². The Morgan fingerprint density at radius 3 is 2.33 bits per heavy atom. The van der Waals surface area contributed by atoms with Gasteiger partial charge in [0.1, 0.15) is 5.00 Å². The highest BCUT2D eigenvalue weighted by atomic mass is 32.1. The van der Waals surface area contributed by atoms with Crippen LogP contribution in [0.25, 0.3) is 0 Å². The van der Waals surface area contributed by atoms with Crippen LogP contribution in [-0.2, 0) is 14.3 Å². The second kappa shape index (κ2) is 6.26. The van der Waals surface area contributed by atoms with E-state index in [0.29, 0.717) is 10.6 Å². The van der Waals surface area contributed by atoms with E-state index in [4.69, 9.17) is 9.84 Å². The van der Waals surface area contributed by atoms with E-state index < -0.39 is 23.3 Å². The molecular formula is C14H19NO5S. The number of hydrogen-bond acceptors (Lipinski definition) is 5. The summed E-state index contributed by atoms with van der Waals surface area (Å²) in [5, 5.41) is 12.0. The first-order valence-corrected chi connectivity index (χ1v) is 7.13. The summed E-state index contributed by atoms with van der Waals surface area (Å²) in [6.45, 7) is 6.56. The fourth-order valence-electron chi connectivity index (χ4n) is 1.71. The van der Waals surface area contributed by atoms with Gasteiger partial charge in [0.2, 0.25) is 5.91 Å². The number of carbonyl (C=O) groups excluding carboxylic acids is 2. The van der Waals surface area contributed by atoms with E-state index in [1.54, 1.807) is 6.92 Å². The third-order valence-corrected chi connectivity index (χ3v) is 4.33. The lowest BCUT2D eigenvalue weighted by Crippen LogP contribution is -2.29. The van der Waals surface area contributed by atoms with Crippen molar-refractivity contribution in [1.82, 2.24) is 0 Å². The molecule has 0 radical (unpaired) electrons. The third kappa shape index (κ3) is 3.81. The van der Waals surface area contributed by atoms with Crippen LogP contribution < -0.4 is 5.32 Å². The van der Waals surface area contributed by atoms with Crippen molar-refractivity contribution in [2.45, 2.75) is 34.1 Å². The highest BCUT2D eigenvalue weighted by molar-refractivity contribution is 7.16. The van der Waals surface area contributed by atoms with Crippen LogP contribution in [0.15, 0.2) is 0 Å². The van der Waals surface area contributed by atoms with Gasteiger partial charge in [0.05, 0.1) is 18.1 Å². The SMILES string of the molecule is COC(=O)c1c(NC(=O)CC(C)(C)C(=O)O)sc(C)c1C. The molecule has 0 saturated heterocycles. The number of nitrogens with one attached hydrogen (secondary N) is 1. The smallest absolute Gasteiger partial charge is 0.341 e. The Hall–Kier alpha value is -1.89. The molecule has 2 N–H and O–H groups in total. The van der Waals surface area contributed by atoms with Gasteiger partial charge >= 0.3 is 11.9 Å². The largest absolute Gasteiger partial charge is 0.481 e. The first-order chi connectivity index (χ1) is 9.60. The van der Waals surface area contributed by atoms with Crippen molar-refractivity contribution in [1.29, 1.82) is 0 Å². The number of aryl methyl sites for hydroxylation is 1. The van der Waals surface area contributed by atoms with Gasteiger partial charge < -0.3 is 15.2 Å². The summed E-state index contributed by atoms with van der Waals surface area (Å²) >= 11 is 1.27.